The van der Waals surface area contributed by atoms with Crippen LogP contribution in [0.1, 0.15) is 17.9 Å². The van der Waals surface area contributed by atoms with E-state index < -0.39 is 0 Å². The largest absolute Gasteiger partial charge is 0.396 e. The van der Waals surface area contributed by atoms with Crippen LogP contribution in [0.25, 0.3) is 0 Å². The van der Waals surface area contributed by atoms with Crippen LogP contribution in [0.4, 0.5) is 0 Å². The van der Waals surface area contributed by atoms with Crippen molar-refractivity contribution >= 4 is 23.2 Å². The highest BCUT2D eigenvalue weighted by atomic mass is 35.5. The quantitative estimate of drug-likeness (QED) is 0.815. The fourth-order valence-corrected chi connectivity index (χ4v) is 2.38. The summed E-state index contributed by atoms with van der Waals surface area (Å²) in [4.78, 5) is 0. The molecule has 0 fully saturated rings. The Morgan fingerprint density at radius 2 is 1.88 bits per heavy atom. The molecule has 1 N–H and O–H groups in total. The number of halogens is 2. The summed E-state index contributed by atoms with van der Waals surface area (Å²) in [5.74, 6) is 0.267. The van der Waals surface area contributed by atoms with Crippen LogP contribution in [0, 0.1) is 5.92 Å². The first-order chi connectivity index (χ1) is 8.22. The van der Waals surface area contributed by atoms with Crippen LogP contribution in [0.5, 0.6) is 0 Å². The third-order valence-corrected chi connectivity index (χ3v) is 3.76. The molecule has 0 heterocycles. The lowest BCUT2D eigenvalue weighted by Crippen LogP contribution is -2.14. The van der Waals surface area contributed by atoms with Gasteiger partial charge in [-0.2, -0.15) is 0 Å². The zero-order valence-corrected chi connectivity index (χ0v) is 10.8. The predicted octanol–water partition coefficient (Wildman–Crippen LogP) is 4.20. The molecule has 1 atom stereocenters. The van der Waals surface area contributed by atoms with Crippen LogP contribution in [0.15, 0.2) is 42.5 Å². The maximum absolute atomic E-state index is 9.55. The smallest absolute Gasteiger partial charge is 0.0595 e. The van der Waals surface area contributed by atoms with Crippen molar-refractivity contribution in [3.8, 4) is 0 Å². The summed E-state index contributed by atoms with van der Waals surface area (Å²) in [5, 5.41) is 10.6. The van der Waals surface area contributed by atoms with Crippen molar-refractivity contribution < 1.29 is 5.11 Å². The summed E-state index contributed by atoms with van der Waals surface area (Å²) in [7, 11) is 0. The topological polar surface area (TPSA) is 20.2 Å². The molecular formula is C14H14Cl2O. The Morgan fingerprint density at radius 1 is 1.18 bits per heavy atom. The Kier molecular flexibility index (Phi) is 4.27. The molecule has 0 unspecified atom stereocenters. The molecule has 1 aromatic carbocycles. The molecule has 0 saturated heterocycles. The zero-order valence-electron chi connectivity index (χ0n) is 9.31. The first kappa shape index (κ1) is 12.7. The van der Waals surface area contributed by atoms with E-state index in [4.69, 9.17) is 23.2 Å². The Morgan fingerprint density at radius 3 is 2.47 bits per heavy atom. The van der Waals surface area contributed by atoms with Crippen LogP contribution in [-0.4, -0.2) is 11.7 Å². The second-order valence-corrected chi connectivity index (χ2v) is 4.95. The van der Waals surface area contributed by atoms with Crippen molar-refractivity contribution in [2.45, 2.75) is 12.3 Å². The van der Waals surface area contributed by atoms with E-state index in [9.17, 15) is 5.11 Å². The van der Waals surface area contributed by atoms with Crippen LogP contribution in [0.2, 0.25) is 10.0 Å². The number of rotatable bonds is 3. The normalized spacial score (nSPS) is 17.4. The summed E-state index contributed by atoms with van der Waals surface area (Å²) in [5.41, 5.74) is 1.02. The van der Waals surface area contributed by atoms with Crippen molar-refractivity contribution in [2.75, 3.05) is 6.61 Å². The van der Waals surface area contributed by atoms with Gasteiger partial charge in [0.2, 0.25) is 0 Å². The van der Waals surface area contributed by atoms with Gasteiger partial charge in [-0.1, -0.05) is 53.6 Å². The maximum Gasteiger partial charge on any atom is 0.0595 e. The van der Waals surface area contributed by atoms with Crippen molar-refractivity contribution in [1.29, 1.82) is 0 Å². The third-order valence-electron chi connectivity index (χ3n) is 3.02. The molecule has 2 rings (SSSR count). The lowest BCUT2D eigenvalue weighted by molar-refractivity contribution is 0.251. The Hall–Kier alpha value is -0.760. The SMILES string of the molecule is OC[C@@H](c1ccc(Cl)c(Cl)c1)C1C=CCC=C1. The summed E-state index contributed by atoms with van der Waals surface area (Å²) >= 11 is 11.9. The van der Waals surface area contributed by atoms with Crippen LogP contribution < -0.4 is 0 Å². The van der Waals surface area contributed by atoms with Crippen LogP contribution in [-0.2, 0) is 0 Å². The van der Waals surface area contributed by atoms with Crippen molar-refractivity contribution in [3.05, 3.63) is 58.1 Å². The molecule has 0 aliphatic heterocycles. The number of aliphatic hydroxyl groups is 1. The fourth-order valence-electron chi connectivity index (χ4n) is 2.07. The lowest BCUT2D eigenvalue weighted by Gasteiger charge is -2.22. The van der Waals surface area contributed by atoms with E-state index in [-0.39, 0.29) is 18.4 Å². The molecule has 1 aliphatic carbocycles. The molecule has 0 aromatic heterocycles. The highest BCUT2D eigenvalue weighted by Gasteiger charge is 2.19. The summed E-state index contributed by atoms with van der Waals surface area (Å²) in [6.45, 7) is 0.0946. The molecule has 0 amide bonds. The van der Waals surface area contributed by atoms with Crippen LogP contribution in [0.3, 0.4) is 0 Å². The molecule has 0 saturated carbocycles. The minimum absolute atomic E-state index is 0.0394. The van der Waals surface area contributed by atoms with Crippen molar-refractivity contribution in [3.63, 3.8) is 0 Å². The number of aliphatic hydroxyl groups excluding tert-OH is 1. The van der Waals surface area contributed by atoms with Gasteiger partial charge >= 0.3 is 0 Å². The van der Waals surface area contributed by atoms with Gasteiger partial charge in [0.25, 0.3) is 0 Å². The van der Waals surface area contributed by atoms with E-state index in [2.05, 4.69) is 24.3 Å². The Bertz CT molecular complexity index is 440. The highest BCUT2D eigenvalue weighted by Crippen LogP contribution is 2.32. The zero-order chi connectivity index (χ0) is 12.3. The minimum atomic E-state index is 0.0394. The molecular weight excluding hydrogens is 255 g/mol. The van der Waals surface area contributed by atoms with E-state index in [1.54, 1.807) is 6.07 Å². The average molecular weight is 269 g/mol. The first-order valence-electron chi connectivity index (χ1n) is 5.61. The van der Waals surface area contributed by atoms with Gasteiger partial charge in [-0.25, -0.2) is 0 Å². The lowest BCUT2D eigenvalue weighted by atomic mass is 9.84. The fraction of sp³-hybridized carbons (Fsp3) is 0.286. The third kappa shape index (κ3) is 2.92. The van der Waals surface area contributed by atoms with Gasteiger partial charge in [-0.15, -0.1) is 0 Å². The van der Waals surface area contributed by atoms with E-state index in [1.807, 2.05) is 12.1 Å². The van der Waals surface area contributed by atoms with Crippen molar-refractivity contribution in [2.24, 2.45) is 5.92 Å². The van der Waals surface area contributed by atoms with E-state index in [1.165, 1.54) is 0 Å². The van der Waals surface area contributed by atoms with Gasteiger partial charge in [-0.3, -0.25) is 0 Å². The molecule has 1 nitrogen and oxygen atoms in total. The van der Waals surface area contributed by atoms with Crippen molar-refractivity contribution in [1.82, 2.24) is 0 Å². The van der Waals surface area contributed by atoms with E-state index >= 15 is 0 Å². The van der Waals surface area contributed by atoms with Crippen LogP contribution >= 0.6 is 23.2 Å². The molecule has 0 bridgehead atoms. The standard InChI is InChI=1S/C14H14Cl2O/c15-13-7-6-11(8-14(13)16)12(9-17)10-4-2-1-3-5-10/h2-8,10,12,17H,1,9H2/t12-/m1/s1. The molecule has 0 spiro atoms. The summed E-state index contributed by atoms with van der Waals surface area (Å²) in [6.07, 6.45) is 9.46. The van der Waals surface area contributed by atoms with Gasteiger partial charge in [0.15, 0.2) is 0 Å². The van der Waals surface area contributed by atoms with Gasteiger partial charge in [-0.05, 0) is 24.1 Å². The number of benzene rings is 1. The Labute approximate surface area is 111 Å². The van der Waals surface area contributed by atoms with Gasteiger partial charge < -0.3 is 5.11 Å². The summed E-state index contributed by atoms with van der Waals surface area (Å²) < 4.78 is 0. The Balaban J connectivity index is 2.28. The van der Waals surface area contributed by atoms with E-state index in [0.29, 0.717) is 10.0 Å². The number of hydrogen-bond acceptors (Lipinski definition) is 1. The highest BCUT2D eigenvalue weighted by molar-refractivity contribution is 6.42. The second kappa shape index (κ2) is 5.72. The molecule has 1 aromatic rings. The average Bonchev–Trinajstić information content (AvgIpc) is 2.36. The van der Waals surface area contributed by atoms with Gasteiger partial charge in [0, 0.05) is 11.8 Å². The van der Waals surface area contributed by atoms with Gasteiger partial charge in [0.05, 0.1) is 16.7 Å². The number of hydrogen-bond donors (Lipinski definition) is 1. The second-order valence-electron chi connectivity index (χ2n) is 4.13. The predicted molar refractivity (Wildman–Crippen MR) is 72.7 cm³/mol. The van der Waals surface area contributed by atoms with Gasteiger partial charge in [0.1, 0.15) is 0 Å². The maximum atomic E-state index is 9.55. The first-order valence-corrected chi connectivity index (χ1v) is 6.37. The summed E-state index contributed by atoms with van der Waals surface area (Å²) in [6, 6.07) is 5.53. The molecule has 1 aliphatic rings. The minimum Gasteiger partial charge on any atom is -0.396 e. The monoisotopic (exact) mass is 268 g/mol. The molecule has 3 heteroatoms. The molecule has 90 valence electrons. The molecule has 0 radical (unpaired) electrons. The molecule has 17 heavy (non-hydrogen) atoms. The van der Waals surface area contributed by atoms with E-state index in [0.717, 1.165) is 12.0 Å². The number of allylic oxidation sites excluding steroid dienone is 4.